The number of hydrogen-bond donors (Lipinski definition) is 0. The van der Waals surface area contributed by atoms with E-state index in [-0.39, 0.29) is 18.3 Å². The third-order valence-corrected chi connectivity index (χ3v) is 5.08. The van der Waals surface area contributed by atoms with Crippen molar-refractivity contribution in [3.63, 3.8) is 0 Å². The van der Waals surface area contributed by atoms with Gasteiger partial charge in [0.15, 0.2) is 0 Å². The van der Waals surface area contributed by atoms with Crippen molar-refractivity contribution in [1.82, 2.24) is 9.80 Å². The standard InChI is InChI=1S/C22H32N2O4/c1-4-23-15-8-10-19(23)17-24(16-14-22(26)28-5-2)21(25)13-12-18-9-6-7-11-20(18)27-3/h6-7,9,11-13,19H,4-5,8,10,14-17H2,1-3H3/b13-12+. The summed E-state index contributed by atoms with van der Waals surface area (Å²) in [6.07, 6.45) is 5.77. The first-order valence-electron chi connectivity index (χ1n) is 10.1. The molecule has 0 spiro atoms. The third kappa shape index (κ3) is 6.37. The van der Waals surface area contributed by atoms with Crippen LogP contribution in [0.15, 0.2) is 30.3 Å². The minimum Gasteiger partial charge on any atom is -0.496 e. The van der Waals surface area contributed by atoms with Crippen LogP contribution in [0.5, 0.6) is 5.75 Å². The van der Waals surface area contributed by atoms with Crippen LogP contribution in [0.2, 0.25) is 0 Å². The summed E-state index contributed by atoms with van der Waals surface area (Å²) >= 11 is 0. The summed E-state index contributed by atoms with van der Waals surface area (Å²) < 4.78 is 10.4. The fraction of sp³-hybridized carbons (Fsp3) is 0.545. The van der Waals surface area contributed by atoms with E-state index in [1.807, 2.05) is 24.3 Å². The zero-order valence-electron chi connectivity index (χ0n) is 17.2. The van der Waals surface area contributed by atoms with Gasteiger partial charge in [-0.3, -0.25) is 14.5 Å². The molecule has 1 heterocycles. The second-order valence-electron chi connectivity index (χ2n) is 6.84. The Morgan fingerprint density at radius 3 is 2.79 bits per heavy atom. The van der Waals surface area contributed by atoms with Crippen LogP contribution >= 0.6 is 0 Å². The minimum atomic E-state index is -0.271. The smallest absolute Gasteiger partial charge is 0.307 e. The zero-order valence-corrected chi connectivity index (χ0v) is 17.2. The molecule has 1 aromatic rings. The Labute approximate surface area is 168 Å². The molecule has 0 bridgehead atoms. The number of hydrogen-bond acceptors (Lipinski definition) is 5. The van der Waals surface area contributed by atoms with Gasteiger partial charge in [0.1, 0.15) is 5.75 Å². The van der Waals surface area contributed by atoms with Gasteiger partial charge < -0.3 is 14.4 Å². The van der Waals surface area contributed by atoms with Crippen LogP contribution in [0.4, 0.5) is 0 Å². The second-order valence-corrected chi connectivity index (χ2v) is 6.84. The molecule has 2 rings (SSSR count). The zero-order chi connectivity index (χ0) is 20.4. The molecule has 1 fully saturated rings. The fourth-order valence-electron chi connectivity index (χ4n) is 3.59. The van der Waals surface area contributed by atoms with E-state index < -0.39 is 0 Å². The number of carbonyl (C=O) groups excluding carboxylic acids is 2. The molecular formula is C22H32N2O4. The number of carbonyl (C=O) groups is 2. The number of esters is 1. The van der Waals surface area contributed by atoms with Crippen molar-refractivity contribution in [2.24, 2.45) is 0 Å². The SMILES string of the molecule is CCOC(=O)CCN(CC1CCCN1CC)C(=O)/C=C/c1ccccc1OC. The first kappa shape index (κ1) is 22.0. The Hall–Kier alpha value is -2.34. The Bertz CT molecular complexity index is 674. The molecule has 0 aliphatic carbocycles. The van der Waals surface area contributed by atoms with Crippen LogP contribution in [0.1, 0.15) is 38.7 Å². The van der Waals surface area contributed by atoms with Crippen molar-refractivity contribution in [3.8, 4) is 5.75 Å². The number of methoxy groups -OCH3 is 1. The molecule has 0 saturated carbocycles. The van der Waals surface area contributed by atoms with Gasteiger partial charge in [-0.1, -0.05) is 25.1 Å². The number of amides is 1. The van der Waals surface area contributed by atoms with Crippen LogP contribution in [-0.2, 0) is 14.3 Å². The molecule has 154 valence electrons. The molecule has 0 N–H and O–H groups in total. The van der Waals surface area contributed by atoms with Crippen molar-refractivity contribution in [1.29, 1.82) is 0 Å². The molecule has 1 aromatic carbocycles. The number of nitrogens with zero attached hydrogens (tertiary/aromatic N) is 2. The monoisotopic (exact) mass is 388 g/mol. The van der Waals surface area contributed by atoms with Gasteiger partial charge in [-0.15, -0.1) is 0 Å². The molecule has 1 aliphatic heterocycles. The van der Waals surface area contributed by atoms with Gasteiger partial charge in [0.25, 0.3) is 0 Å². The van der Waals surface area contributed by atoms with Crippen LogP contribution in [-0.4, -0.2) is 67.6 Å². The number of likely N-dealkylation sites (tertiary alicyclic amines) is 1. The molecule has 0 aromatic heterocycles. The van der Waals surface area contributed by atoms with Gasteiger partial charge in [-0.05, 0) is 45.0 Å². The molecule has 0 radical (unpaired) electrons. The molecule has 1 atom stereocenters. The summed E-state index contributed by atoms with van der Waals surface area (Å²) in [5.74, 6) is 0.350. The summed E-state index contributed by atoms with van der Waals surface area (Å²) in [4.78, 5) is 28.8. The number of benzene rings is 1. The average molecular weight is 389 g/mol. The largest absolute Gasteiger partial charge is 0.496 e. The highest BCUT2D eigenvalue weighted by molar-refractivity contribution is 5.92. The van der Waals surface area contributed by atoms with Gasteiger partial charge in [-0.2, -0.15) is 0 Å². The van der Waals surface area contributed by atoms with E-state index in [1.54, 1.807) is 31.1 Å². The van der Waals surface area contributed by atoms with Gasteiger partial charge in [0.2, 0.25) is 5.91 Å². The van der Waals surface area contributed by atoms with E-state index in [0.717, 1.165) is 37.2 Å². The molecule has 1 saturated heterocycles. The summed E-state index contributed by atoms with van der Waals surface area (Å²) in [6.45, 7) is 7.32. The van der Waals surface area contributed by atoms with Crippen LogP contribution in [0.3, 0.4) is 0 Å². The third-order valence-electron chi connectivity index (χ3n) is 5.08. The van der Waals surface area contributed by atoms with Gasteiger partial charge in [0, 0.05) is 30.8 Å². The van der Waals surface area contributed by atoms with Crippen LogP contribution in [0, 0.1) is 0 Å². The van der Waals surface area contributed by atoms with E-state index in [9.17, 15) is 9.59 Å². The highest BCUT2D eigenvalue weighted by Gasteiger charge is 2.26. The van der Waals surface area contributed by atoms with Crippen LogP contribution < -0.4 is 4.74 Å². The Kier molecular flexibility index (Phi) is 9.01. The highest BCUT2D eigenvalue weighted by atomic mass is 16.5. The Morgan fingerprint density at radius 2 is 2.07 bits per heavy atom. The van der Waals surface area contributed by atoms with E-state index in [0.29, 0.717) is 25.7 Å². The van der Waals surface area contributed by atoms with Crippen molar-refractivity contribution in [2.75, 3.05) is 39.9 Å². The van der Waals surface area contributed by atoms with E-state index in [1.165, 1.54) is 0 Å². The van der Waals surface area contributed by atoms with E-state index in [4.69, 9.17) is 9.47 Å². The van der Waals surface area contributed by atoms with Crippen molar-refractivity contribution in [3.05, 3.63) is 35.9 Å². The average Bonchev–Trinajstić information content (AvgIpc) is 3.16. The molecule has 6 nitrogen and oxygen atoms in total. The Balaban J connectivity index is 2.08. The molecular weight excluding hydrogens is 356 g/mol. The van der Waals surface area contributed by atoms with E-state index in [2.05, 4.69) is 11.8 Å². The normalized spacial score (nSPS) is 17.0. The quantitative estimate of drug-likeness (QED) is 0.456. The van der Waals surface area contributed by atoms with E-state index >= 15 is 0 Å². The minimum absolute atomic E-state index is 0.0989. The summed E-state index contributed by atoms with van der Waals surface area (Å²) in [5.41, 5.74) is 0.847. The molecule has 1 aliphatic rings. The first-order valence-corrected chi connectivity index (χ1v) is 10.1. The van der Waals surface area contributed by atoms with Crippen LogP contribution in [0.25, 0.3) is 6.08 Å². The first-order chi connectivity index (χ1) is 13.6. The predicted molar refractivity (Wildman–Crippen MR) is 110 cm³/mol. The van der Waals surface area contributed by atoms with Crippen molar-refractivity contribution < 1.29 is 19.1 Å². The lowest BCUT2D eigenvalue weighted by atomic mass is 10.1. The maximum atomic E-state index is 12.9. The number of rotatable bonds is 10. The second kappa shape index (κ2) is 11.5. The maximum Gasteiger partial charge on any atom is 0.307 e. The summed E-state index contributed by atoms with van der Waals surface area (Å²) in [5, 5.41) is 0. The van der Waals surface area contributed by atoms with Gasteiger partial charge >= 0.3 is 5.97 Å². The molecule has 1 unspecified atom stereocenters. The van der Waals surface area contributed by atoms with Gasteiger partial charge in [-0.25, -0.2) is 0 Å². The lowest BCUT2D eigenvalue weighted by molar-refractivity contribution is -0.143. The lowest BCUT2D eigenvalue weighted by Crippen LogP contribution is -2.43. The highest BCUT2D eigenvalue weighted by Crippen LogP contribution is 2.20. The van der Waals surface area contributed by atoms with Gasteiger partial charge in [0.05, 0.1) is 20.1 Å². The Morgan fingerprint density at radius 1 is 1.29 bits per heavy atom. The molecule has 6 heteroatoms. The van der Waals surface area contributed by atoms with Crippen molar-refractivity contribution >= 4 is 18.0 Å². The number of ether oxygens (including phenoxy) is 2. The summed E-state index contributed by atoms with van der Waals surface area (Å²) in [7, 11) is 1.61. The summed E-state index contributed by atoms with van der Waals surface area (Å²) in [6, 6.07) is 7.91. The number of likely N-dealkylation sites (N-methyl/N-ethyl adjacent to an activating group) is 1. The van der Waals surface area contributed by atoms with Crippen molar-refractivity contribution in [2.45, 2.75) is 39.2 Å². The maximum absolute atomic E-state index is 12.9. The molecule has 28 heavy (non-hydrogen) atoms. The fourth-order valence-corrected chi connectivity index (χ4v) is 3.59. The number of para-hydroxylation sites is 1. The lowest BCUT2D eigenvalue weighted by Gasteiger charge is -2.29. The topological polar surface area (TPSA) is 59.1 Å². The molecule has 1 amide bonds. The predicted octanol–water partition coefficient (Wildman–Crippen LogP) is 2.97.